The van der Waals surface area contributed by atoms with Crippen molar-refractivity contribution in [3.8, 4) is 17.0 Å². The van der Waals surface area contributed by atoms with E-state index in [4.69, 9.17) is 38.0 Å². The summed E-state index contributed by atoms with van der Waals surface area (Å²) in [5.74, 6) is -1.75. The fraction of sp³-hybridized carbons (Fsp3) is 0.184. The van der Waals surface area contributed by atoms with Gasteiger partial charge in [-0.3, -0.25) is 4.79 Å². The average Bonchev–Trinajstić information content (AvgIpc) is 3.50. The summed E-state index contributed by atoms with van der Waals surface area (Å²) in [7, 11) is 0. The van der Waals surface area contributed by atoms with Crippen molar-refractivity contribution < 1.29 is 28.2 Å². The number of ether oxygens (including phenoxy) is 1. The van der Waals surface area contributed by atoms with Gasteiger partial charge in [0.05, 0.1) is 22.3 Å². The number of nitrogens with zero attached hydrogens (tertiary/aromatic N) is 2. The van der Waals surface area contributed by atoms with Gasteiger partial charge in [-0.1, -0.05) is 60.8 Å². The van der Waals surface area contributed by atoms with Gasteiger partial charge in [-0.05, 0) is 84.6 Å². The number of imidazole rings is 1. The maximum atomic E-state index is 14.3. The van der Waals surface area contributed by atoms with E-state index in [1.807, 2.05) is 35.0 Å². The number of benzene rings is 4. The predicted molar refractivity (Wildman–Crippen MR) is 187 cm³/mol. The van der Waals surface area contributed by atoms with E-state index in [0.717, 1.165) is 36.1 Å². The molecule has 0 aliphatic carbocycles. The molecule has 0 spiro atoms. The van der Waals surface area contributed by atoms with Gasteiger partial charge in [0.1, 0.15) is 29.8 Å². The SMILES string of the molecule is CCCCn1cc(-c2ccc(Cl)cc2Cl)nc1[C@H](Cc1ccc(OCc2ccc(C(=O)O)cc2)cc1)NC(=O)C=Cc1ccc(F)cc1F. The number of aromatic carboxylic acids is 1. The van der Waals surface area contributed by atoms with E-state index in [0.29, 0.717) is 45.8 Å². The Hall–Kier alpha value is -4.99. The highest BCUT2D eigenvalue weighted by molar-refractivity contribution is 6.36. The lowest BCUT2D eigenvalue weighted by molar-refractivity contribution is -0.117. The van der Waals surface area contributed by atoms with E-state index in [9.17, 15) is 18.4 Å². The van der Waals surface area contributed by atoms with Gasteiger partial charge in [0.15, 0.2) is 0 Å². The van der Waals surface area contributed by atoms with E-state index >= 15 is 0 Å². The molecule has 7 nitrogen and oxygen atoms in total. The lowest BCUT2D eigenvalue weighted by atomic mass is 10.0. The summed E-state index contributed by atoms with van der Waals surface area (Å²) in [5.41, 5.74) is 3.29. The number of carbonyl (C=O) groups is 2. The highest BCUT2D eigenvalue weighted by Gasteiger charge is 2.23. The number of halogens is 4. The fourth-order valence-corrected chi connectivity index (χ4v) is 5.64. The summed E-state index contributed by atoms with van der Waals surface area (Å²) in [4.78, 5) is 29.3. The molecule has 0 saturated carbocycles. The lowest BCUT2D eigenvalue weighted by Gasteiger charge is -2.20. The van der Waals surface area contributed by atoms with Gasteiger partial charge in [-0.15, -0.1) is 0 Å². The zero-order chi connectivity index (χ0) is 34.9. The quantitative estimate of drug-likeness (QED) is 0.112. The number of hydrogen-bond acceptors (Lipinski definition) is 4. The van der Waals surface area contributed by atoms with Gasteiger partial charge >= 0.3 is 5.97 Å². The maximum Gasteiger partial charge on any atom is 0.335 e. The average molecular weight is 705 g/mol. The molecule has 0 unspecified atom stereocenters. The third kappa shape index (κ3) is 9.55. The van der Waals surface area contributed by atoms with Gasteiger partial charge in [-0.25, -0.2) is 18.6 Å². The fourth-order valence-electron chi connectivity index (χ4n) is 5.14. The molecule has 0 radical (unpaired) electrons. The summed E-state index contributed by atoms with van der Waals surface area (Å²) >= 11 is 12.7. The monoisotopic (exact) mass is 703 g/mol. The van der Waals surface area contributed by atoms with Crippen molar-refractivity contribution in [1.82, 2.24) is 14.9 Å². The number of unbranched alkanes of at least 4 members (excludes halogenated alkanes) is 1. The topological polar surface area (TPSA) is 93.5 Å². The number of rotatable bonds is 14. The van der Waals surface area contributed by atoms with E-state index in [1.54, 1.807) is 30.3 Å². The van der Waals surface area contributed by atoms with Crippen molar-refractivity contribution in [1.29, 1.82) is 0 Å². The van der Waals surface area contributed by atoms with Crippen molar-refractivity contribution in [2.24, 2.45) is 0 Å². The Morgan fingerprint density at radius 1 is 0.980 bits per heavy atom. The number of aromatic nitrogens is 2. The molecule has 252 valence electrons. The Morgan fingerprint density at radius 3 is 2.39 bits per heavy atom. The maximum absolute atomic E-state index is 14.3. The highest BCUT2D eigenvalue weighted by atomic mass is 35.5. The molecule has 0 fully saturated rings. The smallest absolute Gasteiger partial charge is 0.335 e. The summed E-state index contributed by atoms with van der Waals surface area (Å²) in [6.07, 6.45) is 6.57. The Balaban J connectivity index is 1.41. The number of hydrogen-bond donors (Lipinski definition) is 2. The largest absolute Gasteiger partial charge is 0.489 e. The highest BCUT2D eigenvalue weighted by Crippen LogP contribution is 2.32. The lowest BCUT2D eigenvalue weighted by Crippen LogP contribution is -2.31. The molecule has 5 aromatic rings. The van der Waals surface area contributed by atoms with Gasteiger partial charge in [0.25, 0.3) is 0 Å². The van der Waals surface area contributed by atoms with Crippen LogP contribution in [0.2, 0.25) is 10.0 Å². The Morgan fingerprint density at radius 2 is 1.71 bits per heavy atom. The normalized spacial score (nSPS) is 11.9. The van der Waals surface area contributed by atoms with Crippen LogP contribution in [0.15, 0.2) is 97.2 Å². The van der Waals surface area contributed by atoms with Crippen molar-refractivity contribution >= 4 is 41.2 Å². The van der Waals surface area contributed by atoms with Gasteiger partial charge < -0.3 is 19.7 Å². The van der Waals surface area contributed by atoms with Crippen molar-refractivity contribution in [2.45, 2.75) is 45.4 Å². The molecule has 2 N–H and O–H groups in total. The number of carboxylic acids is 1. The van der Waals surface area contributed by atoms with Crippen LogP contribution in [0.25, 0.3) is 17.3 Å². The van der Waals surface area contributed by atoms with Crippen LogP contribution in [-0.2, 0) is 24.4 Å². The zero-order valence-corrected chi connectivity index (χ0v) is 28.0. The first-order valence-electron chi connectivity index (χ1n) is 15.6. The minimum absolute atomic E-state index is 0.0747. The van der Waals surface area contributed by atoms with Crippen molar-refractivity contribution in [3.63, 3.8) is 0 Å². The second-order valence-electron chi connectivity index (χ2n) is 11.4. The van der Waals surface area contributed by atoms with Gasteiger partial charge in [0.2, 0.25) is 5.91 Å². The predicted octanol–water partition coefficient (Wildman–Crippen LogP) is 9.33. The number of carboxylic acid groups (broad SMARTS) is 1. The zero-order valence-electron chi connectivity index (χ0n) is 26.5. The minimum Gasteiger partial charge on any atom is -0.489 e. The standard InChI is InChI=1S/C38H33Cl2F2N3O4/c1-2-3-18-45-22-35(31-16-12-28(39)20-32(31)40)44-37(45)34(43-36(46)17-11-26-10-13-29(41)21-33(26)42)19-24-6-14-30(15-7-24)49-23-25-4-8-27(9-5-25)38(47)48/h4-17,20-22,34H,2-3,18-19,23H2,1H3,(H,43,46)(H,47,48)/t34-/m0/s1. The van der Waals surface area contributed by atoms with E-state index < -0.39 is 29.6 Å². The number of amides is 1. The molecular formula is C38H33Cl2F2N3O4. The summed E-state index contributed by atoms with van der Waals surface area (Å²) < 4.78 is 35.6. The van der Waals surface area contributed by atoms with E-state index in [2.05, 4.69) is 12.2 Å². The molecule has 1 aromatic heterocycles. The Labute approximate surface area is 292 Å². The van der Waals surface area contributed by atoms with E-state index in [1.165, 1.54) is 30.4 Å². The van der Waals surface area contributed by atoms with Crippen LogP contribution in [-0.4, -0.2) is 26.5 Å². The van der Waals surface area contributed by atoms with Gasteiger partial charge in [0, 0.05) is 41.0 Å². The summed E-state index contributed by atoms with van der Waals surface area (Å²) in [5, 5.41) is 13.1. The van der Waals surface area contributed by atoms with Crippen LogP contribution >= 0.6 is 23.2 Å². The van der Waals surface area contributed by atoms with Crippen LogP contribution in [0.4, 0.5) is 8.78 Å². The molecule has 4 aromatic carbocycles. The summed E-state index contributed by atoms with van der Waals surface area (Å²) in [6, 6.07) is 21.6. The second kappa shape index (κ2) is 16.4. The van der Waals surface area contributed by atoms with Crippen LogP contribution in [0.1, 0.15) is 58.7 Å². The first kappa shape index (κ1) is 35.3. The second-order valence-corrected chi connectivity index (χ2v) is 12.2. The molecule has 1 heterocycles. The molecule has 5 rings (SSSR count). The number of aryl methyl sites for hydroxylation is 1. The first-order chi connectivity index (χ1) is 23.6. The molecule has 49 heavy (non-hydrogen) atoms. The minimum atomic E-state index is -0.992. The third-order valence-electron chi connectivity index (χ3n) is 7.74. The molecule has 1 atom stereocenters. The van der Waals surface area contributed by atoms with Crippen molar-refractivity contribution in [2.75, 3.05) is 0 Å². The molecule has 0 saturated heterocycles. The number of carbonyl (C=O) groups excluding carboxylic acids is 1. The van der Waals surface area contributed by atoms with Crippen LogP contribution in [0.3, 0.4) is 0 Å². The van der Waals surface area contributed by atoms with Crippen LogP contribution in [0.5, 0.6) is 5.75 Å². The molecule has 1 amide bonds. The van der Waals surface area contributed by atoms with Crippen molar-refractivity contribution in [3.05, 3.63) is 147 Å². The van der Waals surface area contributed by atoms with Crippen LogP contribution < -0.4 is 10.1 Å². The third-order valence-corrected chi connectivity index (χ3v) is 8.29. The molecule has 0 aliphatic rings. The van der Waals surface area contributed by atoms with E-state index in [-0.39, 0.29) is 17.7 Å². The first-order valence-corrected chi connectivity index (χ1v) is 16.3. The molecular weight excluding hydrogens is 671 g/mol. The molecule has 0 bridgehead atoms. The summed E-state index contributed by atoms with van der Waals surface area (Å²) in [6.45, 7) is 2.98. The van der Waals surface area contributed by atoms with Crippen LogP contribution in [0, 0.1) is 11.6 Å². The molecule has 0 aliphatic heterocycles. The number of nitrogens with one attached hydrogen (secondary N) is 1. The Kier molecular flexibility index (Phi) is 11.8. The van der Waals surface area contributed by atoms with Gasteiger partial charge in [-0.2, -0.15) is 0 Å². The molecule has 11 heteroatoms. The Bertz CT molecular complexity index is 1960.